The minimum Gasteiger partial charge on any atom is -0.493 e. The first-order chi connectivity index (χ1) is 12.1. The highest BCUT2D eigenvalue weighted by Gasteiger charge is 2.11. The number of nitrogens with zero attached hydrogens (tertiary/aromatic N) is 1. The lowest BCUT2D eigenvalue weighted by atomic mass is 10.0. The van der Waals surface area contributed by atoms with Crippen LogP contribution in [0.2, 0.25) is 0 Å². The summed E-state index contributed by atoms with van der Waals surface area (Å²) in [5.41, 5.74) is 2.28. The number of oxime groups is 1. The molecule has 0 aliphatic heterocycles. The summed E-state index contributed by atoms with van der Waals surface area (Å²) < 4.78 is 12.0. The van der Waals surface area contributed by atoms with E-state index in [1.807, 2.05) is 12.1 Å². The molecule has 0 unspecified atom stereocenters. The molecule has 0 saturated carbocycles. The molecular formula is C19H27Cl2NO3. The molecule has 1 rings (SSSR count). The fourth-order valence-corrected chi connectivity index (χ4v) is 2.59. The Labute approximate surface area is 160 Å². The maximum absolute atomic E-state index is 8.35. The zero-order valence-electron chi connectivity index (χ0n) is 14.9. The molecule has 0 saturated heterocycles. The maximum atomic E-state index is 8.35. The van der Waals surface area contributed by atoms with E-state index >= 15 is 0 Å². The van der Waals surface area contributed by atoms with E-state index in [1.165, 1.54) is 6.21 Å². The van der Waals surface area contributed by atoms with Gasteiger partial charge in [-0.15, -0.1) is 5.16 Å². The van der Waals surface area contributed by atoms with Crippen LogP contribution < -0.4 is 9.47 Å². The van der Waals surface area contributed by atoms with Crippen molar-refractivity contribution in [2.24, 2.45) is 5.16 Å². The van der Waals surface area contributed by atoms with Crippen LogP contribution in [0.1, 0.15) is 50.7 Å². The van der Waals surface area contributed by atoms with Crippen molar-refractivity contribution >= 4 is 29.4 Å². The van der Waals surface area contributed by atoms with E-state index in [1.54, 1.807) is 6.08 Å². The lowest BCUT2D eigenvalue weighted by Crippen LogP contribution is -2.05. The molecule has 0 atom stereocenters. The number of rotatable bonds is 12. The molecule has 1 aromatic carbocycles. The molecule has 4 nitrogen and oxygen atoms in total. The van der Waals surface area contributed by atoms with Gasteiger partial charge in [0.25, 0.3) is 0 Å². The number of ether oxygens (including phenoxy) is 2. The third kappa shape index (κ3) is 8.50. The maximum Gasteiger partial charge on any atom is 0.125 e. The summed E-state index contributed by atoms with van der Waals surface area (Å²) in [5.74, 6) is 1.77. The quantitative estimate of drug-likeness (QED) is 0.210. The van der Waals surface area contributed by atoms with Gasteiger partial charge in [0.05, 0.1) is 6.61 Å². The molecule has 6 heteroatoms. The Bertz CT molecular complexity index is 545. The summed E-state index contributed by atoms with van der Waals surface area (Å²) in [7, 11) is 0. The summed E-state index contributed by atoms with van der Waals surface area (Å²) in [4.78, 5) is 0. The van der Waals surface area contributed by atoms with Crippen LogP contribution in [0.25, 0.3) is 0 Å². The molecule has 140 valence electrons. The molecule has 1 N–H and O–H groups in total. The van der Waals surface area contributed by atoms with Gasteiger partial charge < -0.3 is 14.7 Å². The average Bonchev–Trinajstić information content (AvgIpc) is 2.60. The van der Waals surface area contributed by atoms with Gasteiger partial charge in [0.1, 0.15) is 22.6 Å². The van der Waals surface area contributed by atoms with E-state index in [-0.39, 0.29) is 4.49 Å². The van der Waals surface area contributed by atoms with Crippen molar-refractivity contribution in [3.8, 4) is 11.5 Å². The number of benzene rings is 1. The van der Waals surface area contributed by atoms with Crippen molar-refractivity contribution in [2.75, 3.05) is 13.2 Å². The zero-order valence-corrected chi connectivity index (χ0v) is 16.4. The second-order valence-electron chi connectivity index (χ2n) is 5.58. The van der Waals surface area contributed by atoms with Crippen LogP contribution >= 0.6 is 23.2 Å². The lowest BCUT2D eigenvalue weighted by Gasteiger charge is -2.17. The molecule has 0 fully saturated rings. The minimum atomic E-state index is 0.205. The fraction of sp³-hybridized carbons (Fsp3) is 0.526. The largest absolute Gasteiger partial charge is 0.493 e. The van der Waals surface area contributed by atoms with E-state index in [4.69, 9.17) is 37.9 Å². The summed E-state index contributed by atoms with van der Waals surface area (Å²) in [6, 6.07) is 4.03. The van der Waals surface area contributed by atoms with Gasteiger partial charge in [0.15, 0.2) is 0 Å². The first-order valence-electron chi connectivity index (χ1n) is 8.70. The molecule has 0 spiro atoms. The normalized spacial score (nSPS) is 10.9. The van der Waals surface area contributed by atoms with E-state index in [2.05, 4.69) is 19.0 Å². The third-order valence-corrected chi connectivity index (χ3v) is 4.08. The Morgan fingerprint density at radius 2 is 1.76 bits per heavy atom. The third-order valence-electron chi connectivity index (χ3n) is 3.77. The van der Waals surface area contributed by atoms with Gasteiger partial charge in [-0.25, -0.2) is 0 Å². The van der Waals surface area contributed by atoms with Crippen LogP contribution in [-0.4, -0.2) is 24.6 Å². The van der Waals surface area contributed by atoms with E-state index < -0.39 is 0 Å². The van der Waals surface area contributed by atoms with Crippen molar-refractivity contribution in [1.29, 1.82) is 0 Å². The van der Waals surface area contributed by atoms with Gasteiger partial charge >= 0.3 is 0 Å². The van der Waals surface area contributed by atoms with Crippen molar-refractivity contribution in [2.45, 2.75) is 52.4 Å². The van der Waals surface area contributed by atoms with Crippen molar-refractivity contribution in [3.05, 3.63) is 33.8 Å². The zero-order chi connectivity index (χ0) is 18.5. The molecule has 0 aliphatic rings. The predicted molar refractivity (Wildman–Crippen MR) is 105 cm³/mol. The highest BCUT2D eigenvalue weighted by Crippen LogP contribution is 2.31. The highest BCUT2D eigenvalue weighted by atomic mass is 35.5. The topological polar surface area (TPSA) is 51.0 Å². The average molecular weight is 388 g/mol. The Hall–Kier alpha value is -1.39. The van der Waals surface area contributed by atoms with Crippen LogP contribution in [-0.2, 0) is 12.8 Å². The molecular weight excluding hydrogens is 361 g/mol. The van der Waals surface area contributed by atoms with Gasteiger partial charge in [-0.3, -0.25) is 0 Å². The Balaban J connectivity index is 2.66. The monoisotopic (exact) mass is 387 g/mol. The molecule has 0 amide bonds. The van der Waals surface area contributed by atoms with Crippen LogP contribution in [0.5, 0.6) is 11.5 Å². The Morgan fingerprint density at radius 1 is 1.08 bits per heavy atom. The summed E-state index contributed by atoms with van der Waals surface area (Å²) >= 11 is 11.2. The number of hydrogen-bond acceptors (Lipinski definition) is 4. The second-order valence-corrected chi connectivity index (χ2v) is 6.59. The van der Waals surface area contributed by atoms with Gasteiger partial charge in [-0.2, -0.15) is 0 Å². The van der Waals surface area contributed by atoms with Gasteiger partial charge in [-0.1, -0.05) is 37.0 Å². The first-order valence-corrected chi connectivity index (χ1v) is 9.46. The van der Waals surface area contributed by atoms with Crippen molar-refractivity contribution in [1.82, 2.24) is 0 Å². The van der Waals surface area contributed by atoms with Gasteiger partial charge in [0.2, 0.25) is 0 Å². The summed E-state index contributed by atoms with van der Waals surface area (Å²) in [6.45, 7) is 5.23. The molecule has 0 radical (unpaired) electrons. The molecule has 0 aromatic heterocycles. The van der Waals surface area contributed by atoms with Crippen LogP contribution in [0.3, 0.4) is 0 Å². The van der Waals surface area contributed by atoms with E-state index in [0.29, 0.717) is 13.2 Å². The Morgan fingerprint density at radius 3 is 2.32 bits per heavy atom. The van der Waals surface area contributed by atoms with E-state index in [9.17, 15) is 0 Å². The highest BCUT2D eigenvalue weighted by molar-refractivity contribution is 6.55. The number of hydrogen-bond donors (Lipinski definition) is 1. The minimum absolute atomic E-state index is 0.205. The van der Waals surface area contributed by atoms with Crippen LogP contribution in [0.4, 0.5) is 0 Å². The second kappa shape index (κ2) is 12.9. The molecule has 1 aromatic rings. The number of halogens is 2. The molecule has 0 aliphatic carbocycles. The molecule has 0 bridgehead atoms. The van der Waals surface area contributed by atoms with Crippen molar-refractivity contribution < 1.29 is 14.7 Å². The molecule has 0 heterocycles. The van der Waals surface area contributed by atoms with Gasteiger partial charge in [-0.05, 0) is 67.9 Å². The summed E-state index contributed by atoms with van der Waals surface area (Å²) in [5, 5.41) is 11.4. The van der Waals surface area contributed by atoms with Crippen LogP contribution in [0, 0.1) is 0 Å². The lowest BCUT2D eigenvalue weighted by molar-refractivity contribution is 0.298. The van der Waals surface area contributed by atoms with E-state index in [0.717, 1.165) is 61.2 Å². The SMILES string of the molecule is CCc1cc(OCC=C(Cl)Cl)cc(CC)c1OCCCCC/C=N/O. The standard InChI is InChI=1S/C19H27Cl2NO3/c1-3-15-13-17(24-12-9-18(20)21)14-16(4-2)19(15)25-11-8-6-5-7-10-22-23/h9-10,13-14,23H,3-8,11-12H2,1-2H3/b22-10+. The van der Waals surface area contributed by atoms with Crippen LogP contribution in [0.15, 0.2) is 27.9 Å². The predicted octanol–water partition coefficient (Wildman–Crippen LogP) is 5.91. The van der Waals surface area contributed by atoms with Crippen molar-refractivity contribution in [3.63, 3.8) is 0 Å². The molecule has 25 heavy (non-hydrogen) atoms. The number of unbranched alkanes of at least 4 members (excludes halogenated alkanes) is 3. The first kappa shape index (κ1) is 21.7. The number of aryl methyl sites for hydroxylation is 2. The summed E-state index contributed by atoms with van der Waals surface area (Å²) in [6.07, 6.45) is 8.70. The fourth-order valence-electron chi connectivity index (χ4n) is 2.46. The van der Waals surface area contributed by atoms with Gasteiger partial charge in [0, 0.05) is 6.21 Å². The Kier molecular flexibility index (Phi) is 11.2. The smallest absolute Gasteiger partial charge is 0.125 e.